The van der Waals surface area contributed by atoms with E-state index in [1.807, 2.05) is 42.5 Å². The zero-order valence-corrected chi connectivity index (χ0v) is 29.5. The molecule has 0 aliphatic rings. The molecule has 0 saturated heterocycles. The standard InChI is InChI=1S/C50H29N5/c51-30-32-20-25-48-43(28-32)41-13-4-5-15-44(41)53(48)37-27-33(31-52)26-35(29-37)34-21-23-36(24-22-34)54-45-16-6-3-12-40(45)42-14-9-19-49(50(42)54)55-46-17-7-1-10-38(46)39-11-2-8-18-47(39)55/h1-29H. The average molecular weight is 700 g/mol. The lowest BCUT2D eigenvalue weighted by molar-refractivity contribution is 1.13. The summed E-state index contributed by atoms with van der Waals surface area (Å²) in [5, 5.41) is 26.8. The van der Waals surface area contributed by atoms with Crippen molar-refractivity contribution in [2.45, 2.75) is 0 Å². The lowest BCUT2D eigenvalue weighted by Gasteiger charge is -2.15. The molecule has 0 aliphatic heterocycles. The van der Waals surface area contributed by atoms with Crippen LogP contribution in [0.2, 0.25) is 0 Å². The maximum Gasteiger partial charge on any atom is 0.0992 e. The number of nitriles is 2. The summed E-state index contributed by atoms with van der Waals surface area (Å²) in [6.07, 6.45) is 0. The average Bonchev–Trinajstić information content (AvgIpc) is 3.89. The molecule has 55 heavy (non-hydrogen) atoms. The van der Waals surface area contributed by atoms with Gasteiger partial charge in [-0.3, -0.25) is 0 Å². The number of rotatable bonds is 4. The summed E-state index contributed by atoms with van der Waals surface area (Å²) in [6.45, 7) is 0. The maximum atomic E-state index is 10.2. The highest BCUT2D eigenvalue weighted by atomic mass is 15.1. The Balaban J connectivity index is 1.10. The van der Waals surface area contributed by atoms with Crippen molar-refractivity contribution in [3.05, 3.63) is 187 Å². The third-order valence-electron chi connectivity index (χ3n) is 11.1. The number of hydrogen-bond donors (Lipinski definition) is 0. The molecule has 0 radical (unpaired) electrons. The minimum absolute atomic E-state index is 0.578. The van der Waals surface area contributed by atoms with Crippen LogP contribution in [0.4, 0.5) is 0 Å². The lowest BCUT2D eigenvalue weighted by Crippen LogP contribution is -2.00. The second-order valence-electron chi connectivity index (χ2n) is 14.0. The van der Waals surface area contributed by atoms with Crippen molar-refractivity contribution in [1.29, 1.82) is 10.5 Å². The Morgan fingerprint density at radius 3 is 1.49 bits per heavy atom. The molecule has 0 bridgehead atoms. The van der Waals surface area contributed by atoms with Crippen LogP contribution in [0, 0.1) is 22.7 Å². The molecule has 0 saturated carbocycles. The van der Waals surface area contributed by atoms with E-state index in [0.29, 0.717) is 11.1 Å². The van der Waals surface area contributed by atoms with Crippen molar-refractivity contribution in [3.8, 4) is 40.3 Å². The molecule has 0 N–H and O–H groups in total. The SMILES string of the molecule is N#Cc1cc(-c2ccc(-n3c4ccccc4c4cccc(-n5c6ccccc6c6ccccc65)c43)cc2)cc(-n2c3ccccc3c3cc(C#N)ccc32)c1. The van der Waals surface area contributed by atoms with E-state index in [1.54, 1.807) is 0 Å². The highest BCUT2D eigenvalue weighted by Gasteiger charge is 2.20. The summed E-state index contributed by atoms with van der Waals surface area (Å²) in [5.74, 6) is 0. The zero-order chi connectivity index (χ0) is 36.6. The Kier molecular flexibility index (Phi) is 6.61. The predicted molar refractivity (Wildman–Crippen MR) is 224 cm³/mol. The summed E-state index contributed by atoms with van der Waals surface area (Å²) in [6, 6.07) is 66.0. The number of fused-ring (bicyclic) bond motifs is 9. The highest BCUT2D eigenvalue weighted by molar-refractivity contribution is 6.15. The first-order valence-corrected chi connectivity index (χ1v) is 18.3. The molecule has 0 fully saturated rings. The Morgan fingerprint density at radius 1 is 0.327 bits per heavy atom. The van der Waals surface area contributed by atoms with Crippen LogP contribution in [-0.4, -0.2) is 13.7 Å². The van der Waals surface area contributed by atoms with Gasteiger partial charge in [0.2, 0.25) is 0 Å². The molecular formula is C50H29N5. The number of aromatic nitrogens is 3. The van der Waals surface area contributed by atoms with Crippen LogP contribution in [0.15, 0.2) is 176 Å². The third-order valence-corrected chi connectivity index (χ3v) is 11.1. The minimum atomic E-state index is 0.578. The van der Waals surface area contributed by atoms with E-state index < -0.39 is 0 Å². The summed E-state index contributed by atoms with van der Waals surface area (Å²) >= 11 is 0. The van der Waals surface area contributed by atoms with E-state index in [9.17, 15) is 10.5 Å². The topological polar surface area (TPSA) is 62.4 Å². The van der Waals surface area contributed by atoms with Gasteiger partial charge in [-0.05, 0) is 90.0 Å². The molecule has 0 spiro atoms. The van der Waals surface area contributed by atoms with Gasteiger partial charge in [0.05, 0.1) is 62.1 Å². The molecule has 254 valence electrons. The van der Waals surface area contributed by atoms with Crippen LogP contribution in [0.5, 0.6) is 0 Å². The predicted octanol–water partition coefficient (Wildman–Crippen LogP) is 12.4. The van der Waals surface area contributed by atoms with Crippen molar-refractivity contribution in [2.24, 2.45) is 0 Å². The van der Waals surface area contributed by atoms with Crippen molar-refractivity contribution in [2.75, 3.05) is 0 Å². The second-order valence-corrected chi connectivity index (χ2v) is 14.0. The van der Waals surface area contributed by atoms with E-state index in [2.05, 4.69) is 159 Å². The van der Waals surface area contributed by atoms with Gasteiger partial charge in [0.1, 0.15) is 0 Å². The molecular weight excluding hydrogens is 671 g/mol. The first-order valence-electron chi connectivity index (χ1n) is 18.3. The lowest BCUT2D eigenvalue weighted by atomic mass is 10.0. The Morgan fingerprint density at radius 2 is 0.855 bits per heavy atom. The van der Waals surface area contributed by atoms with Gasteiger partial charge < -0.3 is 13.7 Å². The number of nitrogens with zero attached hydrogens (tertiary/aromatic N) is 5. The van der Waals surface area contributed by atoms with Crippen LogP contribution < -0.4 is 0 Å². The van der Waals surface area contributed by atoms with Crippen molar-refractivity contribution < 1.29 is 0 Å². The molecule has 0 atom stereocenters. The molecule has 5 heteroatoms. The molecule has 5 nitrogen and oxygen atoms in total. The monoisotopic (exact) mass is 699 g/mol. The van der Waals surface area contributed by atoms with E-state index in [1.165, 1.54) is 32.6 Å². The van der Waals surface area contributed by atoms with Crippen LogP contribution in [0.3, 0.4) is 0 Å². The number of benzene rings is 8. The summed E-state index contributed by atoms with van der Waals surface area (Å²) in [5.41, 5.74) is 12.9. The van der Waals surface area contributed by atoms with E-state index in [-0.39, 0.29) is 0 Å². The molecule has 3 heterocycles. The van der Waals surface area contributed by atoms with Gasteiger partial charge >= 0.3 is 0 Å². The van der Waals surface area contributed by atoms with Gasteiger partial charge in [-0.25, -0.2) is 0 Å². The molecule has 11 aromatic rings. The van der Waals surface area contributed by atoms with Gasteiger partial charge in [-0.1, -0.05) is 97.1 Å². The first kappa shape index (κ1) is 30.7. The van der Waals surface area contributed by atoms with Crippen LogP contribution in [0.1, 0.15) is 11.1 Å². The number of hydrogen-bond acceptors (Lipinski definition) is 2. The normalized spacial score (nSPS) is 11.6. The smallest absolute Gasteiger partial charge is 0.0992 e. The first-order chi connectivity index (χ1) is 27.2. The fraction of sp³-hybridized carbons (Fsp3) is 0. The summed E-state index contributed by atoms with van der Waals surface area (Å²) in [4.78, 5) is 0. The van der Waals surface area contributed by atoms with Crippen molar-refractivity contribution >= 4 is 65.4 Å². The molecule has 0 aliphatic carbocycles. The fourth-order valence-corrected chi connectivity index (χ4v) is 8.73. The maximum absolute atomic E-state index is 10.2. The van der Waals surface area contributed by atoms with Crippen molar-refractivity contribution in [1.82, 2.24) is 13.7 Å². The van der Waals surface area contributed by atoms with Gasteiger partial charge in [0.15, 0.2) is 0 Å². The molecule has 3 aromatic heterocycles. The Hall–Kier alpha value is -7.86. The highest BCUT2D eigenvalue weighted by Crippen LogP contribution is 2.40. The van der Waals surface area contributed by atoms with E-state index in [0.717, 1.165) is 61.0 Å². The van der Waals surface area contributed by atoms with Crippen molar-refractivity contribution in [3.63, 3.8) is 0 Å². The van der Waals surface area contributed by atoms with Gasteiger partial charge in [0, 0.05) is 43.7 Å². The second kappa shape index (κ2) is 11.8. The fourth-order valence-electron chi connectivity index (χ4n) is 8.73. The largest absolute Gasteiger partial charge is 0.309 e. The van der Waals surface area contributed by atoms with Gasteiger partial charge in [-0.2, -0.15) is 10.5 Å². The van der Waals surface area contributed by atoms with E-state index >= 15 is 0 Å². The zero-order valence-electron chi connectivity index (χ0n) is 29.5. The van der Waals surface area contributed by atoms with Gasteiger partial charge in [0.25, 0.3) is 0 Å². The van der Waals surface area contributed by atoms with E-state index in [4.69, 9.17) is 0 Å². The minimum Gasteiger partial charge on any atom is -0.309 e. The third kappa shape index (κ3) is 4.51. The van der Waals surface area contributed by atoms with Gasteiger partial charge in [-0.15, -0.1) is 0 Å². The van der Waals surface area contributed by atoms with Crippen LogP contribution >= 0.6 is 0 Å². The molecule has 11 rings (SSSR count). The van der Waals surface area contributed by atoms with Crippen LogP contribution in [-0.2, 0) is 0 Å². The number of para-hydroxylation sites is 5. The molecule has 0 amide bonds. The molecule has 0 unspecified atom stereocenters. The Bertz CT molecular complexity index is 3400. The van der Waals surface area contributed by atoms with Crippen LogP contribution in [0.25, 0.3) is 93.6 Å². The summed E-state index contributed by atoms with van der Waals surface area (Å²) < 4.78 is 6.98. The quantitative estimate of drug-likeness (QED) is 0.184. The Labute approximate surface area is 316 Å². The molecule has 8 aromatic carbocycles. The summed E-state index contributed by atoms with van der Waals surface area (Å²) in [7, 11) is 0.